The van der Waals surface area contributed by atoms with Crippen molar-refractivity contribution in [3.8, 4) is 0 Å². The maximum Gasteiger partial charge on any atom is 0.0889 e. The molecule has 0 bridgehead atoms. The smallest absolute Gasteiger partial charge is 0.0889 e. The van der Waals surface area contributed by atoms with Crippen LogP contribution >= 0.6 is 0 Å². The van der Waals surface area contributed by atoms with Crippen LogP contribution in [0.2, 0.25) is 0 Å². The van der Waals surface area contributed by atoms with Gasteiger partial charge in [0, 0.05) is 12.4 Å². The molecule has 0 saturated carbocycles. The first-order chi connectivity index (χ1) is 4.97. The van der Waals surface area contributed by atoms with Gasteiger partial charge in [-0.05, 0) is 6.07 Å². The number of hydrogen-bond donors (Lipinski definition) is 1. The molecule has 1 N–H and O–H groups in total. The van der Waals surface area contributed by atoms with E-state index in [2.05, 4.69) is 15.3 Å². The highest BCUT2D eigenvalue weighted by molar-refractivity contribution is 5.79. The number of hydrogen-bond acceptors (Lipinski definition) is 3. The predicted molar refractivity (Wildman–Crippen MR) is 40.9 cm³/mol. The van der Waals surface area contributed by atoms with Crippen LogP contribution in [0.3, 0.4) is 0 Å². The number of aromatic nitrogens is 1. The zero-order valence-corrected chi connectivity index (χ0v) is 5.41. The summed E-state index contributed by atoms with van der Waals surface area (Å²) in [6, 6.07) is 1.89. The van der Waals surface area contributed by atoms with Crippen molar-refractivity contribution in [3.63, 3.8) is 0 Å². The highest BCUT2D eigenvalue weighted by Crippen LogP contribution is 2.23. The Kier molecular flexibility index (Phi) is 1.13. The van der Waals surface area contributed by atoms with Crippen LogP contribution in [0.1, 0.15) is 0 Å². The second-order valence-corrected chi connectivity index (χ2v) is 2.09. The van der Waals surface area contributed by atoms with E-state index < -0.39 is 0 Å². The molecule has 2 heterocycles. The first-order valence-corrected chi connectivity index (χ1v) is 3.17. The molecule has 0 atom stereocenters. The lowest BCUT2D eigenvalue weighted by molar-refractivity contribution is 1.25. The fourth-order valence-corrected chi connectivity index (χ4v) is 0.935. The standard InChI is InChI=1S/C7H7N3/c1-2-8-5-7-6(1)9-3-4-10-7/h1-3,5,10H,4H2. The molecule has 1 aliphatic heterocycles. The van der Waals surface area contributed by atoms with Gasteiger partial charge in [0.05, 0.1) is 24.1 Å². The second-order valence-electron chi connectivity index (χ2n) is 2.09. The highest BCUT2D eigenvalue weighted by atomic mass is 15.0. The Morgan fingerprint density at radius 3 is 3.40 bits per heavy atom. The lowest BCUT2D eigenvalue weighted by Gasteiger charge is -2.09. The van der Waals surface area contributed by atoms with Crippen molar-refractivity contribution in [2.45, 2.75) is 0 Å². The van der Waals surface area contributed by atoms with Crippen LogP contribution in [0.15, 0.2) is 23.5 Å². The summed E-state index contributed by atoms with van der Waals surface area (Å²) in [7, 11) is 0. The summed E-state index contributed by atoms with van der Waals surface area (Å²) < 4.78 is 0. The summed E-state index contributed by atoms with van der Waals surface area (Å²) in [5, 5.41) is 3.15. The van der Waals surface area contributed by atoms with Gasteiger partial charge in [0.15, 0.2) is 0 Å². The highest BCUT2D eigenvalue weighted by Gasteiger charge is 2.01. The van der Waals surface area contributed by atoms with Gasteiger partial charge in [-0.2, -0.15) is 0 Å². The lowest BCUT2D eigenvalue weighted by atomic mass is 10.3. The average Bonchev–Trinajstić information content (AvgIpc) is 2.05. The number of pyridine rings is 1. The summed E-state index contributed by atoms with van der Waals surface area (Å²) >= 11 is 0. The van der Waals surface area contributed by atoms with Gasteiger partial charge in [-0.15, -0.1) is 0 Å². The Labute approximate surface area is 58.8 Å². The number of fused-ring (bicyclic) bond motifs is 1. The van der Waals surface area contributed by atoms with Crippen molar-refractivity contribution < 1.29 is 0 Å². The minimum Gasteiger partial charge on any atom is -0.377 e. The molecule has 0 aliphatic carbocycles. The van der Waals surface area contributed by atoms with Gasteiger partial charge in [0.2, 0.25) is 0 Å². The minimum absolute atomic E-state index is 0.804. The van der Waals surface area contributed by atoms with Crippen molar-refractivity contribution in [2.24, 2.45) is 4.99 Å². The summed E-state index contributed by atoms with van der Waals surface area (Å²) in [4.78, 5) is 8.13. The van der Waals surface area contributed by atoms with Crippen molar-refractivity contribution >= 4 is 17.6 Å². The molecule has 50 valence electrons. The summed E-state index contributed by atoms with van der Waals surface area (Å²) in [5.74, 6) is 0. The van der Waals surface area contributed by atoms with Crippen LogP contribution < -0.4 is 5.32 Å². The van der Waals surface area contributed by atoms with E-state index in [-0.39, 0.29) is 0 Å². The lowest BCUT2D eigenvalue weighted by Crippen LogP contribution is -2.06. The Hall–Kier alpha value is -1.38. The normalized spacial score (nSPS) is 14.0. The van der Waals surface area contributed by atoms with E-state index in [4.69, 9.17) is 0 Å². The largest absolute Gasteiger partial charge is 0.377 e. The molecular formula is C7H7N3. The molecule has 3 nitrogen and oxygen atoms in total. The molecule has 0 radical (unpaired) electrons. The maximum atomic E-state index is 4.17. The quantitative estimate of drug-likeness (QED) is 0.577. The molecule has 0 unspecified atom stereocenters. The first kappa shape index (κ1) is 5.41. The van der Waals surface area contributed by atoms with E-state index in [9.17, 15) is 0 Å². The Morgan fingerprint density at radius 2 is 2.50 bits per heavy atom. The van der Waals surface area contributed by atoms with Crippen LogP contribution in [0.25, 0.3) is 0 Å². The van der Waals surface area contributed by atoms with Gasteiger partial charge >= 0.3 is 0 Å². The fourth-order valence-electron chi connectivity index (χ4n) is 0.935. The Bertz CT molecular complexity index is 267. The topological polar surface area (TPSA) is 37.3 Å². The summed E-state index contributed by atoms with van der Waals surface area (Å²) in [5.41, 5.74) is 1.99. The van der Waals surface area contributed by atoms with Gasteiger partial charge < -0.3 is 5.32 Å². The molecule has 0 amide bonds. The number of nitrogens with one attached hydrogen (secondary N) is 1. The van der Waals surface area contributed by atoms with E-state index >= 15 is 0 Å². The first-order valence-electron chi connectivity index (χ1n) is 3.17. The van der Waals surface area contributed by atoms with Gasteiger partial charge in [-0.1, -0.05) is 0 Å². The van der Waals surface area contributed by atoms with E-state index in [0.29, 0.717) is 0 Å². The minimum atomic E-state index is 0.804. The monoisotopic (exact) mass is 133 g/mol. The van der Waals surface area contributed by atoms with Crippen LogP contribution in [-0.4, -0.2) is 17.7 Å². The molecule has 0 saturated heterocycles. The van der Waals surface area contributed by atoms with E-state index in [1.165, 1.54) is 0 Å². The Morgan fingerprint density at radius 1 is 1.50 bits per heavy atom. The maximum absolute atomic E-state index is 4.17. The van der Waals surface area contributed by atoms with Crippen molar-refractivity contribution in [1.29, 1.82) is 0 Å². The second kappa shape index (κ2) is 2.10. The molecule has 10 heavy (non-hydrogen) atoms. The van der Waals surface area contributed by atoms with Gasteiger partial charge in [0.25, 0.3) is 0 Å². The van der Waals surface area contributed by atoms with Crippen molar-refractivity contribution in [3.05, 3.63) is 18.5 Å². The molecule has 1 aromatic heterocycles. The van der Waals surface area contributed by atoms with Crippen molar-refractivity contribution in [2.75, 3.05) is 11.9 Å². The number of anilines is 1. The van der Waals surface area contributed by atoms with Crippen LogP contribution in [0.4, 0.5) is 11.4 Å². The molecule has 0 fully saturated rings. The zero-order valence-electron chi connectivity index (χ0n) is 5.41. The molecule has 1 aromatic rings. The predicted octanol–water partition coefficient (Wildman–Crippen LogP) is 1.21. The SMILES string of the molecule is C1=Nc2ccncc2NC1. The van der Waals surface area contributed by atoms with E-state index in [0.717, 1.165) is 17.9 Å². The van der Waals surface area contributed by atoms with E-state index in [1.807, 2.05) is 12.3 Å². The molecule has 0 spiro atoms. The molecular weight excluding hydrogens is 126 g/mol. The average molecular weight is 133 g/mol. The summed E-state index contributed by atoms with van der Waals surface area (Å²) in [6.07, 6.45) is 5.37. The van der Waals surface area contributed by atoms with Gasteiger partial charge in [-0.3, -0.25) is 9.98 Å². The number of aliphatic imine (C=N–C) groups is 1. The van der Waals surface area contributed by atoms with Gasteiger partial charge in [-0.25, -0.2) is 0 Å². The number of rotatable bonds is 0. The van der Waals surface area contributed by atoms with Crippen LogP contribution in [0.5, 0.6) is 0 Å². The number of nitrogens with zero attached hydrogens (tertiary/aromatic N) is 2. The molecule has 3 heteroatoms. The zero-order chi connectivity index (χ0) is 6.81. The van der Waals surface area contributed by atoms with Crippen molar-refractivity contribution in [1.82, 2.24) is 4.98 Å². The molecule has 2 rings (SSSR count). The third-order valence-electron chi connectivity index (χ3n) is 1.41. The van der Waals surface area contributed by atoms with Crippen LogP contribution in [0, 0.1) is 0 Å². The fraction of sp³-hybridized carbons (Fsp3) is 0.143. The molecule has 1 aliphatic rings. The third kappa shape index (κ3) is 0.757. The van der Waals surface area contributed by atoms with Crippen LogP contribution in [-0.2, 0) is 0 Å². The Balaban J connectivity index is 2.54. The summed E-state index contributed by atoms with van der Waals surface area (Å²) in [6.45, 7) is 0.804. The molecule has 0 aromatic carbocycles. The van der Waals surface area contributed by atoms with E-state index in [1.54, 1.807) is 12.4 Å². The van der Waals surface area contributed by atoms with Gasteiger partial charge in [0.1, 0.15) is 0 Å². The third-order valence-corrected chi connectivity index (χ3v) is 1.41.